The van der Waals surface area contributed by atoms with Gasteiger partial charge < -0.3 is 4.74 Å². The lowest BCUT2D eigenvalue weighted by Crippen LogP contribution is -2.19. The van der Waals surface area contributed by atoms with E-state index in [-0.39, 0.29) is 16.4 Å². The zero-order chi connectivity index (χ0) is 28.3. The topological polar surface area (TPSA) is 131 Å². The van der Waals surface area contributed by atoms with E-state index in [2.05, 4.69) is 24.8 Å². The molecule has 40 heavy (non-hydrogen) atoms. The van der Waals surface area contributed by atoms with Crippen molar-refractivity contribution in [2.24, 2.45) is 4.99 Å². The van der Waals surface area contributed by atoms with Crippen molar-refractivity contribution in [1.29, 1.82) is 0 Å². The molecule has 0 saturated carbocycles. The van der Waals surface area contributed by atoms with E-state index in [1.54, 1.807) is 63.4 Å². The van der Waals surface area contributed by atoms with E-state index in [9.17, 15) is 13.2 Å². The molecule has 0 amide bonds. The SMILES string of the molecule is COc1ccc(-n2[nH]c(-c3ccccc3)c(C(C)=Nc3ccc(S(=O)(=O)Nc4nccc(C)n4)cc3)c2=O)cc1. The van der Waals surface area contributed by atoms with Crippen LogP contribution in [0.15, 0.2) is 106 Å². The Bertz CT molecular complexity index is 1840. The molecule has 0 saturated heterocycles. The van der Waals surface area contributed by atoms with Crippen LogP contribution in [0.1, 0.15) is 18.2 Å². The molecule has 0 aliphatic heterocycles. The predicted molar refractivity (Wildman–Crippen MR) is 154 cm³/mol. The van der Waals surface area contributed by atoms with E-state index >= 15 is 0 Å². The van der Waals surface area contributed by atoms with E-state index in [1.165, 1.54) is 23.0 Å². The van der Waals surface area contributed by atoms with Gasteiger partial charge in [-0.15, -0.1) is 0 Å². The molecule has 0 radical (unpaired) electrons. The lowest BCUT2D eigenvalue weighted by atomic mass is 10.1. The number of aryl methyl sites for hydroxylation is 1. The van der Waals surface area contributed by atoms with Gasteiger partial charge in [-0.05, 0) is 68.4 Å². The lowest BCUT2D eigenvalue weighted by Gasteiger charge is -2.07. The van der Waals surface area contributed by atoms with E-state index < -0.39 is 10.0 Å². The fraction of sp³-hybridized carbons (Fsp3) is 0.103. The summed E-state index contributed by atoms with van der Waals surface area (Å²) < 4.78 is 34.7. The molecule has 10 nitrogen and oxygen atoms in total. The average Bonchev–Trinajstić information content (AvgIpc) is 3.30. The molecule has 0 unspecified atom stereocenters. The molecule has 0 aliphatic carbocycles. The highest BCUT2D eigenvalue weighted by Crippen LogP contribution is 2.24. The number of H-pyrrole nitrogens is 1. The molecule has 5 rings (SSSR count). The highest BCUT2D eigenvalue weighted by molar-refractivity contribution is 7.92. The molecule has 11 heteroatoms. The number of methoxy groups -OCH3 is 1. The van der Waals surface area contributed by atoms with Gasteiger partial charge in [-0.25, -0.2) is 27.8 Å². The molecule has 0 spiro atoms. The normalized spacial score (nSPS) is 11.8. The van der Waals surface area contributed by atoms with Crippen LogP contribution >= 0.6 is 0 Å². The number of hydrogen-bond donors (Lipinski definition) is 2. The molecule has 0 bridgehead atoms. The number of benzene rings is 3. The first kappa shape index (κ1) is 26.6. The van der Waals surface area contributed by atoms with Crippen molar-refractivity contribution in [2.75, 3.05) is 11.8 Å². The number of nitrogens with one attached hydrogen (secondary N) is 2. The minimum atomic E-state index is -3.90. The third kappa shape index (κ3) is 5.54. The summed E-state index contributed by atoms with van der Waals surface area (Å²) in [4.78, 5) is 26.4. The maximum absolute atomic E-state index is 13.7. The number of aliphatic imine (C=N–C) groups is 1. The van der Waals surface area contributed by atoms with Crippen LogP contribution in [-0.2, 0) is 10.0 Å². The number of aromatic amines is 1. The summed E-state index contributed by atoms with van der Waals surface area (Å²) in [7, 11) is -2.32. The molecule has 0 atom stereocenters. The zero-order valence-electron chi connectivity index (χ0n) is 22.0. The van der Waals surface area contributed by atoms with Crippen LogP contribution in [0.25, 0.3) is 16.9 Å². The molecular weight excluding hydrogens is 528 g/mol. The van der Waals surface area contributed by atoms with E-state index in [1.807, 2.05) is 30.3 Å². The predicted octanol–water partition coefficient (Wildman–Crippen LogP) is 4.88. The summed E-state index contributed by atoms with van der Waals surface area (Å²) in [6, 6.07) is 24.3. The lowest BCUT2D eigenvalue weighted by molar-refractivity contribution is 0.414. The Balaban J connectivity index is 1.50. The van der Waals surface area contributed by atoms with Crippen LogP contribution in [0.3, 0.4) is 0 Å². The first-order valence-electron chi connectivity index (χ1n) is 12.3. The Hall–Kier alpha value is -5.03. The maximum Gasteiger partial charge on any atom is 0.280 e. The van der Waals surface area contributed by atoms with Crippen LogP contribution in [0, 0.1) is 6.92 Å². The summed E-state index contributed by atoms with van der Waals surface area (Å²) >= 11 is 0. The maximum atomic E-state index is 13.7. The summed E-state index contributed by atoms with van der Waals surface area (Å²) in [5.41, 5.74) is 3.80. The van der Waals surface area contributed by atoms with E-state index in [0.717, 1.165) is 5.56 Å². The van der Waals surface area contributed by atoms with Crippen molar-refractivity contribution in [2.45, 2.75) is 18.7 Å². The quantitative estimate of drug-likeness (QED) is 0.263. The summed E-state index contributed by atoms with van der Waals surface area (Å²) in [5, 5.41) is 3.23. The fourth-order valence-electron chi connectivity index (χ4n) is 4.13. The minimum absolute atomic E-state index is 0.00743. The van der Waals surface area contributed by atoms with Gasteiger partial charge in [0, 0.05) is 17.5 Å². The van der Waals surface area contributed by atoms with E-state index in [0.29, 0.717) is 39.8 Å². The first-order valence-corrected chi connectivity index (χ1v) is 13.8. The van der Waals surface area contributed by atoms with Gasteiger partial charge in [-0.2, -0.15) is 0 Å². The van der Waals surface area contributed by atoms with Crippen molar-refractivity contribution in [3.05, 3.63) is 113 Å². The number of hydrogen-bond acceptors (Lipinski definition) is 7. The standard InChI is InChI=1S/C29H26N6O4S/c1-19-17-18-30-29(31-19)34-40(37,38)25-15-9-22(10-16-25)32-20(2)26-27(21-7-5-4-6-8-21)33-35(28(26)36)23-11-13-24(39-3)14-12-23/h4-18,33H,1-3H3,(H,30,31,34). The second-order valence-electron chi connectivity index (χ2n) is 8.88. The smallest absolute Gasteiger partial charge is 0.280 e. The van der Waals surface area contributed by atoms with Crippen molar-refractivity contribution in [3.8, 4) is 22.7 Å². The monoisotopic (exact) mass is 554 g/mol. The van der Waals surface area contributed by atoms with E-state index in [4.69, 9.17) is 4.74 Å². The Morgan fingerprint density at radius 2 is 1.68 bits per heavy atom. The molecule has 0 fully saturated rings. The van der Waals surface area contributed by atoms with Crippen molar-refractivity contribution >= 4 is 27.4 Å². The van der Waals surface area contributed by atoms with Crippen LogP contribution in [0.5, 0.6) is 5.75 Å². The van der Waals surface area contributed by atoms with Gasteiger partial charge in [0.1, 0.15) is 5.75 Å². The van der Waals surface area contributed by atoms with Crippen LogP contribution in [-0.4, -0.2) is 41.0 Å². The second kappa shape index (κ2) is 11.0. The number of rotatable bonds is 8. The Morgan fingerprint density at radius 1 is 0.975 bits per heavy atom. The van der Waals surface area contributed by atoms with Crippen molar-refractivity contribution < 1.29 is 13.2 Å². The molecule has 0 aliphatic rings. The van der Waals surface area contributed by atoms with Crippen molar-refractivity contribution in [3.63, 3.8) is 0 Å². The van der Waals surface area contributed by atoms with Gasteiger partial charge in [0.05, 0.1) is 40.3 Å². The number of ether oxygens (including phenoxy) is 1. The molecule has 3 aromatic carbocycles. The average molecular weight is 555 g/mol. The molecule has 2 N–H and O–H groups in total. The fourth-order valence-corrected chi connectivity index (χ4v) is 5.08. The zero-order valence-corrected chi connectivity index (χ0v) is 22.8. The third-order valence-corrected chi connectivity index (χ3v) is 7.45. The first-order chi connectivity index (χ1) is 19.2. The number of aromatic nitrogens is 4. The molecule has 2 heterocycles. The van der Waals surface area contributed by atoms with Gasteiger partial charge in [0.15, 0.2) is 0 Å². The summed E-state index contributed by atoms with van der Waals surface area (Å²) in [6.07, 6.45) is 1.48. The van der Waals surface area contributed by atoms with Gasteiger partial charge in [0.2, 0.25) is 5.95 Å². The van der Waals surface area contributed by atoms with Gasteiger partial charge in [-0.3, -0.25) is 14.9 Å². The Kier molecular flexibility index (Phi) is 7.30. The molecular formula is C29H26N6O4S. The number of anilines is 1. The van der Waals surface area contributed by atoms with Gasteiger partial charge >= 0.3 is 0 Å². The molecule has 202 valence electrons. The van der Waals surface area contributed by atoms with Gasteiger partial charge in [-0.1, -0.05) is 30.3 Å². The highest BCUT2D eigenvalue weighted by atomic mass is 32.2. The second-order valence-corrected chi connectivity index (χ2v) is 10.6. The third-order valence-electron chi connectivity index (χ3n) is 6.11. The van der Waals surface area contributed by atoms with Crippen LogP contribution in [0.4, 0.5) is 11.6 Å². The summed E-state index contributed by atoms with van der Waals surface area (Å²) in [5.74, 6) is 0.670. The Morgan fingerprint density at radius 3 is 2.33 bits per heavy atom. The number of sulfonamides is 1. The minimum Gasteiger partial charge on any atom is -0.497 e. The highest BCUT2D eigenvalue weighted by Gasteiger charge is 2.20. The van der Waals surface area contributed by atoms with Crippen LogP contribution < -0.4 is 15.0 Å². The number of nitrogens with zero attached hydrogens (tertiary/aromatic N) is 4. The summed E-state index contributed by atoms with van der Waals surface area (Å²) in [6.45, 7) is 3.49. The van der Waals surface area contributed by atoms with Crippen molar-refractivity contribution in [1.82, 2.24) is 19.7 Å². The van der Waals surface area contributed by atoms with Crippen LogP contribution in [0.2, 0.25) is 0 Å². The largest absolute Gasteiger partial charge is 0.497 e. The molecule has 2 aromatic heterocycles. The van der Waals surface area contributed by atoms with Gasteiger partial charge in [0.25, 0.3) is 15.6 Å². The molecule has 5 aromatic rings. The Labute approximate surface area is 231 Å².